The molecule has 0 aromatic rings. The fraction of sp³-hybridized carbons (Fsp3) is 0.600. The number of amides is 3. The molecule has 0 bridgehead atoms. The second-order valence-electron chi connectivity index (χ2n) is 3.65. The lowest BCUT2D eigenvalue weighted by molar-refractivity contribution is -0.116. The largest absolute Gasteiger partial charge is 0.338 e. The van der Waals surface area contributed by atoms with Gasteiger partial charge in [0.15, 0.2) is 0 Å². The lowest BCUT2D eigenvalue weighted by Crippen LogP contribution is -2.40. The molecule has 0 spiro atoms. The number of nitrogens with one attached hydrogen (secondary N) is 2. The fourth-order valence-corrected chi connectivity index (χ4v) is 0.851. The molecular weight excluding hydrogens is 194 g/mol. The van der Waals surface area contributed by atoms with Crippen molar-refractivity contribution in [1.82, 2.24) is 15.5 Å². The molecule has 86 valence electrons. The zero-order valence-electron chi connectivity index (χ0n) is 9.59. The van der Waals surface area contributed by atoms with Crippen molar-refractivity contribution < 1.29 is 9.59 Å². The molecule has 5 nitrogen and oxygen atoms in total. The highest BCUT2D eigenvalue weighted by Crippen LogP contribution is 1.85. The summed E-state index contributed by atoms with van der Waals surface area (Å²) >= 11 is 0. The number of rotatable bonds is 5. The first-order valence-electron chi connectivity index (χ1n) is 4.83. The van der Waals surface area contributed by atoms with E-state index in [9.17, 15) is 9.59 Å². The molecule has 0 aliphatic heterocycles. The quantitative estimate of drug-likeness (QED) is 0.511. The zero-order valence-corrected chi connectivity index (χ0v) is 9.59. The number of carbonyl (C=O) groups excluding carboxylic acids is 2. The van der Waals surface area contributed by atoms with Crippen LogP contribution < -0.4 is 10.6 Å². The predicted molar refractivity (Wildman–Crippen MR) is 59.5 cm³/mol. The van der Waals surface area contributed by atoms with Gasteiger partial charge < -0.3 is 10.2 Å². The number of carbonyl (C=O) groups is 2. The molecule has 0 aromatic heterocycles. The zero-order chi connectivity index (χ0) is 11.8. The third-order valence-electron chi connectivity index (χ3n) is 1.68. The summed E-state index contributed by atoms with van der Waals surface area (Å²) < 4.78 is 0. The van der Waals surface area contributed by atoms with Gasteiger partial charge in [0.1, 0.15) is 0 Å². The van der Waals surface area contributed by atoms with Crippen LogP contribution in [0.15, 0.2) is 12.2 Å². The Balaban J connectivity index is 3.58. The second kappa shape index (κ2) is 7.00. The van der Waals surface area contributed by atoms with E-state index in [1.807, 2.05) is 19.0 Å². The first kappa shape index (κ1) is 13.6. The molecule has 0 fully saturated rings. The Labute approximate surface area is 90.5 Å². The Morgan fingerprint density at radius 3 is 2.40 bits per heavy atom. The van der Waals surface area contributed by atoms with E-state index in [0.717, 1.165) is 13.0 Å². The molecular formula is C10H19N3O2. The van der Waals surface area contributed by atoms with Crippen LogP contribution in [0.2, 0.25) is 0 Å². The topological polar surface area (TPSA) is 61.4 Å². The summed E-state index contributed by atoms with van der Waals surface area (Å²) in [5.41, 5.74) is 0.318. The Kier molecular flexibility index (Phi) is 6.37. The van der Waals surface area contributed by atoms with E-state index in [4.69, 9.17) is 0 Å². The molecule has 0 aromatic carbocycles. The number of hydrogen-bond acceptors (Lipinski definition) is 3. The predicted octanol–water partition coefficient (Wildman–Crippen LogP) is 0.340. The van der Waals surface area contributed by atoms with Gasteiger partial charge >= 0.3 is 6.03 Å². The van der Waals surface area contributed by atoms with Gasteiger partial charge in [-0.05, 0) is 34.0 Å². The molecule has 0 aliphatic rings. The molecule has 0 heterocycles. The Hall–Kier alpha value is -1.36. The summed E-state index contributed by atoms with van der Waals surface area (Å²) in [7, 11) is 3.93. The minimum absolute atomic E-state index is 0.318. The van der Waals surface area contributed by atoms with Crippen molar-refractivity contribution in [1.29, 1.82) is 0 Å². The second-order valence-corrected chi connectivity index (χ2v) is 3.65. The molecule has 0 radical (unpaired) electrons. The minimum Gasteiger partial charge on any atom is -0.338 e. The maximum Gasteiger partial charge on any atom is 0.321 e. The number of urea groups is 1. The number of hydrogen-bond donors (Lipinski definition) is 2. The van der Waals surface area contributed by atoms with Gasteiger partial charge in [-0.15, -0.1) is 0 Å². The first-order chi connectivity index (χ1) is 6.93. The standard InChI is InChI=1S/C10H19N3O2/c1-8(2)9(14)12-10(15)11-6-5-7-13(3)4/h1,5-7H2,2-4H3,(H2,11,12,14,15). The lowest BCUT2D eigenvalue weighted by atomic mass is 10.3. The van der Waals surface area contributed by atoms with Crippen LogP contribution in [0.1, 0.15) is 13.3 Å². The van der Waals surface area contributed by atoms with Crippen molar-refractivity contribution in [3.05, 3.63) is 12.2 Å². The first-order valence-corrected chi connectivity index (χ1v) is 4.83. The molecule has 0 aliphatic carbocycles. The van der Waals surface area contributed by atoms with Crippen LogP contribution >= 0.6 is 0 Å². The summed E-state index contributed by atoms with van der Waals surface area (Å²) in [6, 6.07) is -0.471. The van der Waals surface area contributed by atoms with Gasteiger partial charge in [0, 0.05) is 12.1 Å². The molecule has 0 rings (SSSR count). The summed E-state index contributed by atoms with van der Waals surface area (Å²) in [4.78, 5) is 24.1. The highest BCUT2D eigenvalue weighted by molar-refractivity contribution is 6.02. The van der Waals surface area contributed by atoms with Gasteiger partial charge in [-0.3, -0.25) is 10.1 Å². The minimum atomic E-state index is -0.471. The molecule has 3 amide bonds. The number of nitrogens with zero attached hydrogens (tertiary/aromatic N) is 1. The van der Waals surface area contributed by atoms with Crippen molar-refractivity contribution in [2.24, 2.45) is 0 Å². The van der Waals surface area contributed by atoms with E-state index in [1.165, 1.54) is 0 Å². The summed E-state index contributed by atoms with van der Waals surface area (Å²) in [6.45, 7) is 6.43. The van der Waals surface area contributed by atoms with Gasteiger partial charge in [0.25, 0.3) is 5.91 Å². The lowest BCUT2D eigenvalue weighted by Gasteiger charge is -2.10. The van der Waals surface area contributed by atoms with Crippen LogP contribution in [0.25, 0.3) is 0 Å². The normalized spacial score (nSPS) is 9.87. The van der Waals surface area contributed by atoms with Crippen LogP contribution in [-0.2, 0) is 4.79 Å². The summed E-state index contributed by atoms with van der Waals surface area (Å²) in [5.74, 6) is -0.444. The van der Waals surface area contributed by atoms with Gasteiger partial charge in [-0.25, -0.2) is 4.79 Å². The Bertz CT molecular complexity index is 249. The molecule has 0 saturated carbocycles. The fourth-order valence-electron chi connectivity index (χ4n) is 0.851. The Morgan fingerprint density at radius 1 is 1.33 bits per heavy atom. The summed E-state index contributed by atoms with van der Waals surface area (Å²) in [5, 5.41) is 4.75. The average Bonchev–Trinajstić information content (AvgIpc) is 2.12. The van der Waals surface area contributed by atoms with Gasteiger partial charge in [0.2, 0.25) is 0 Å². The van der Waals surface area contributed by atoms with Crippen molar-refractivity contribution in [2.75, 3.05) is 27.2 Å². The van der Waals surface area contributed by atoms with Crippen molar-refractivity contribution in [2.45, 2.75) is 13.3 Å². The van der Waals surface area contributed by atoms with Crippen LogP contribution in [-0.4, -0.2) is 44.0 Å². The molecule has 5 heteroatoms. The van der Waals surface area contributed by atoms with Crippen LogP contribution in [0, 0.1) is 0 Å². The van der Waals surface area contributed by atoms with Crippen LogP contribution in [0.3, 0.4) is 0 Å². The molecule has 15 heavy (non-hydrogen) atoms. The van der Waals surface area contributed by atoms with E-state index in [2.05, 4.69) is 17.2 Å². The van der Waals surface area contributed by atoms with Gasteiger partial charge in [-0.2, -0.15) is 0 Å². The van der Waals surface area contributed by atoms with E-state index in [0.29, 0.717) is 12.1 Å². The number of imide groups is 1. The third-order valence-corrected chi connectivity index (χ3v) is 1.68. The molecule has 0 unspecified atom stereocenters. The van der Waals surface area contributed by atoms with Crippen molar-refractivity contribution in [3.8, 4) is 0 Å². The third kappa shape index (κ3) is 7.69. The van der Waals surface area contributed by atoms with E-state index < -0.39 is 11.9 Å². The van der Waals surface area contributed by atoms with E-state index in [1.54, 1.807) is 6.92 Å². The van der Waals surface area contributed by atoms with Crippen LogP contribution in [0.4, 0.5) is 4.79 Å². The molecule has 2 N–H and O–H groups in total. The summed E-state index contributed by atoms with van der Waals surface area (Å²) in [6.07, 6.45) is 0.849. The van der Waals surface area contributed by atoms with Gasteiger partial charge in [-0.1, -0.05) is 6.58 Å². The monoisotopic (exact) mass is 213 g/mol. The smallest absolute Gasteiger partial charge is 0.321 e. The SMILES string of the molecule is C=C(C)C(=O)NC(=O)NCCCN(C)C. The van der Waals surface area contributed by atoms with Gasteiger partial charge in [0.05, 0.1) is 0 Å². The molecule has 0 saturated heterocycles. The highest BCUT2D eigenvalue weighted by Gasteiger charge is 2.06. The van der Waals surface area contributed by atoms with Crippen LogP contribution in [0.5, 0.6) is 0 Å². The Morgan fingerprint density at radius 2 is 1.93 bits per heavy atom. The van der Waals surface area contributed by atoms with E-state index >= 15 is 0 Å². The average molecular weight is 213 g/mol. The maximum atomic E-state index is 11.1. The maximum absolute atomic E-state index is 11.1. The van der Waals surface area contributed by atoms with Crippen molar-refractivity contribution in [3.63, 3.8) is 0 Å². The van der Waals surface area contributed by atoms with E-state index in [-0.39, 0.29) is 0 Å². The highest BCUT2D eigenvalue weighted by atomic mass is 16.2. The van der Waals surface area contributed by atoms with Crippen molar-refractivity contribution >= 4 is 11.9 Å². The molecule has 0 atom stereocenters.